The molecule has 5 rings (SSSR count). The summed E-state index contributed by atoms with van der Waals surface area (Å²) in [6.07, 6.45) is -4.69. The molecule has 3 heterocycles. The molecule has 0 bridgehead atoms. The van der Waals surface area contributed by atoms with Crippen LogP contribution in [0.3, 0.4) is 0 Å². The molecule has 0 radical (unpaired) electrons. The number of pyridine rings is 2. The first-order chi connectivity index (χ1) is 15.6. The van der Waals surface area contributed by atoms with Crippen LogP contribution < -0.4 is 11.3 Å². The van der Waals surface area contributed by atoms with Crippen LogP contribution in [0, 0.1) is 0 Å². The number of fused-ring (bicyclic) bond motifs is 2. The fourth-order valence-corrected chi connectivity index (χ4v) is 3.86. The van der Waals surface area contributed by atoms with Gasteiger partial charge >= 0.3 is 6.18 Å². The third-order valence-corrected chi connectivity index (χ3v) is 5.46. The Labute approximate surface area is 188 Å². The molecular weight excluding hydrogens is 457 g/mol. The van der Waals surface area contributed by atoms with Crippen molar-refractivity contribution in [3.63, 3.8) is 0 Å². The average Bonchev–Trinajstić information content (AvgIpc) is 3.13. The summed E-state index contributed by atoms with van der Waals surface area (Å²) in [6, 6.07) is 13.2. The minimum atomic E-state index is -4.69. The molecule has 0 atom stereocenters. The maximum atomic E-state index is 13.7. The number of nitrogens with two attached hydrogens (primary N) is 1. The van der Waals surface area contributed by atoms with E-state index in [4.69, 9.17) is 17.3 Å². The molecule has 7 nitrogen and oxygen atoms in total. The summed E-state index contributed by atoms with van der Waals surface area (Å²) in [6.45, 7) is 0. The van der Waals surface area contributed by atoms with Crippen molar-refractivity contribution < 1.29 is 13.2 Å². The van der Waals surface area contributed by atoms with E-state index in [1.54, 1.807) is 25.2 Å². The quantitative estimate of drug-likeness (QED) is 0.407. The summed E-state index contributed by atoms with van der Waals surface area (Å²) >= 11 is 5.97. The molecule has 11 heteroatoms. The Bertz CT molecular complexity index is 1610. The third-order valence-electron chi connectivity index (χ3n) is 5.21. The van der Waals surface area contributed by atoms with Gasteiger partial charge in [0.15, 0.2) is 0 Å². The molecule has 0 aliphatic carbocycles. The van der Waals surface area contributed by atoms with E-state index in [0.717, 1.165) is 10.6 Å². The number of hydrogen-bond donors (Lipinski definition) is 1. The largest absolute Gasteiger partial charge is 0.433 e. The van der Waals surface area contributed by atoms with Crippen molar-refractivity contribution in [2.45, 2.75) is 6.18 Å². The lowest BCUT2D eigenvalue weighted by Gasteiger charge is -2.17. The maximum absolute atomic E-state index is 13.7. The van der Waals surface area contributed by atoms with E-state index in [2.05, 4.69) is 15.2 Å². The van der Waals surface area contributed by atoms with Gasteiger partial charge in [0.05, 0.1) is 16.9 Å². The molecule has 0 saturated heterocycles. The molecular formula is C22H14ClF3N6O. The summed E-state index contributed by atoms with van der Waals surface area (Å²) in [5.74, 6) is 0. The number of aryl methyl sites for hydroxylation is 1. The van der Waals surface area contributed by atoms with Crippen LogP contribution in [0.15, 0.2) is 59.4 Å². The molecule has 0 aliphatic rings. The van der Waals surface area contributed by atoms with Gasteiger partial charge in [-0.15, -0.1) is 0 Å². The van der Waals surface area contributed by atoms with Gasteiger partial charge in [-0.05, 0) is 54.1 Å². The third kappa shape index (κ3) is 3.48. The van der Waals surface area contributed by atoms with Crippen molar-refractivity contribution in [2.24, 2.45) is 7.05 Å². The van der Waals surface area contributed by atoms with E-state index < -0.39 is 17.4 Å². The normalized spacial score (nSPS) is 12.0. The van der Waals surface area contributed by atoms with Crippen molar-refractivity contribution in [1.29, 1.82) is 0 Å². The van der Waals surface area contributed by atoms with Crippen LogP contribution in [0.2, 0.25) is 5.02 Å². The molecule has 2 aromatic carbocycles. The number of benzene rings is 2. The Morgan fingerprint density at radius 1 is 0.970 bits per heavy atom. The van der Waals surface area contributed by atoms with Crippen LogP contribution in [-0.2, 0) is 13.2 Å². The number of anilines is 1. The van der Waals surface area contributed by atoms with E-state index in [1.807, 2.05) is 0 Å². The molecule has 2 N–H and O–H groups in total. The number of alkyl halides is 3. The molecule has 33 heavy (non-hydrogen) atoms. The van der Waals surface area contributed by atoms with E-state index in [9.17, 15) is 18.0 Å². The Balaban J connectivity index is 1.89. The van der Waals surface area contributed by atoms with Crippen molar-refractivity contribution in [3.05, 3.63) is 75.7 Å². The molecule has 0 saturated carbocycles. The Morgan fingerprint density at radius 3 is 2.36 bits per heavy atom. The molecule has 5 aromatic rings. The Morgan fingerprint density at radius 2 is 1.67 bits per heavy atom. The number of rotatable bonds is 2. The topological polar surface area (TPSA) is 91.6 Å². The number of nitrogen functional groups attached to an aromatic ring is 1. The minimum Gasteiger partial charge on any atom is -0.397 e. The van der Waals surface area contributed by atoms with Gasteiger partial charge in [-0.3, -0.25) is 9.36 Å². The predicted molar refractivity (Wildman–Crippen MR) is 119 cm³/mol. The summed E-state index contributed by atoms with van der Waals surface area (Å²) in [4.78, 5) is 18.8. The van der Waals surface area contributed by atoms with Crippen LogP contribution in [-0.4, -0.2) is 24.5 Å². The highest BCUT2D eigenvalue weighted by Gasteiger charge is 2.33. The number of nitrogens with zero attached hydrogens (tertiary/aromatic N) is 5. The van der Waals surface area contributed by atoms with Gasteiger partial charge in [0.25, 0.3) is 5.56 Å². The van der Waals surface area contributed by atoms with Gasteiger partial charge in [-0.1, -0.05) is 17.7 Å². The fourth-order valence-electron chi connectivity index (χ4n) is 3.73. The zero-order valence-corrected chi connectivity index (χ0v) is 17.7. The first-order valence-electron chi connectivity index (χ1n) is 9.63. The molecule has 0 spiro atoms. The fraction of sp³-hybridized carbons (Fsp3) is 0.0909. The zero-order chi connectivity index (χ0) is 23.5. The van der Waals surface area contributed by atoms with Crippen molar-refractivity contribution >= 4 is 39.4 Å². The smallest absolute Gasteiger partial charge is 0.397 e. The highest BCUT2D eigenvalue weighted by atomic mass is 35.5. The lowest BCUT2D eigenvalue weighted by atomic mass is 10.0. The van der Waals surface area contributed by atoms with E-state index in [0.29, 0.717) is 27.3 Å². The average molecular weight is 471 g/mol. The van der Waals surface area contributed by atoms with Gasteiger partial charge in [0.1, 0.15) is 22.4 Å². The molecule has 0 amide bonds. The second-order valence-corrected chi connectivity index (χ2v) is 7.80. The van der Waals surface area contributed by atoms with Crippen LogP contribution in [0.1, 0.15) is 5.69 Å². The number of hydrogen-bond acceptors (Lipinski definition) is 5. The highest BCUT2D eigenvalue weighted by molar-refractivity contribution is 6.30. The van der Waals surface area contributed by atoms with Crippen LogP contribution >= 0.6 is 11.6 Å². The lowest BCUT2D eigenvalue weighted by Crippen LogP contribution is -2.24. The van der Waals surface area contributed by atoms with Gasteiger partial charge in [-0.25, -0.2) is 4.98 Å². The Kier molecular flexibility index (Phi) is 4.64. The van der Waals surface area contributed by atoms with Gasteiger partial charge < -0.3 is 5.73 Å². The van der Waals surface area contributed by atoms with E-state index in [-0.39, 0.29) is 22.3 Å². The van der Waals surface area contributed by atoms with Crippen molar-refractivity contribution in [2.75, 3.05) is 5.73 Å². The number of aromatic nitrogens is 5. The second-order valence-electron chi connectivity index (χ2n) is 7.36. The summed E-state index contributed by atoms with van der Waals surface area (Å²) in [5, 5.41) is 9.07. The van der Waals surface area contributed by atoms with Gasteiger partial charge in [0, 0.05) is 17.5 Å². The van der Waals surface area contributed by atoms with Crippen LogP contribution in [0.5, 0.6) is 0 Å². The SMILES string of the molecule is Cn1nc2ccc(-c3c(N)c4ccc(C(F)(F)F)nc4n(-c4ccc(Cl)cc4)c3=O)cc2n1. The van der Waals surface area contributed by atoms with Gasteiger partial charge in [0.2, 0.25) is 0 Å². The second kappa shape index (κ2) is 7.31. The van der Waals surface area contributed by atoms with Gasteiger partial charge in [-0.2, -0.15) is 28.2 Å². The zero-order valence-electron chi connectivity index (χ0n) is 16.9. The first kappa shape index (κ1) is 21.0. The predicted octanol–water partition coefficient (Wildman–Crippen LogP) is 4.59. The molecule has 166 valence electrons. The lowest BCUT2D eigenvalue weighted by molar-refractivity contribution is -0.141. The molecule has 3 aromatic heterocycles. The van der Waals surface area contributed by atoms with E-state index in [1.165, 1.54) is 35.1 Å². The molecule has 0 aliphatic heterocycles. The molecule has 0 fully saturated rings. The van der Waals surface area contributed by atoms with Crippen LogP contribution in [0.25, 0.3) is 38.9 Å². The maximum Gasteiger partial charge on any atom is 0.433 e. The van der Waals surface area contributed by atoms with Crippen molar-refractivity contribution in [3.8, 4) is 16.8 Å². The molecule has 0 unspecified atom stereocenters. The van der Waals surface area contributed by atoms with Crippen molar-refractivity contribution in [1.82, 2.24) is 24.5 Å². The minimum absolute atomic E-state index is 0.0182. The Hall–Kier alpha value is -3.92. The monoisotopic (exact) mass is 470 g/mol. The first-order valence-corrected chi connectivity index (χ1v) is 10.0. The highest BCUT2D eigenvalue weighted by Crippen LogP contribution is 2.34. The standard InChI is InChI=1S/C22H14ClF3N6O/c1-31-29-15-8-2-11(10-16(15)30-31)18-19(27)14-7-9-17(22(24,25)26)28-20(14)32(21(18)33)13-5-3-12(23)4-6-13/h2-10H,27H2,1H3. The number of halogens is 4. The summed E-state index contributed by atoms with van der Waals surface area (Å²) in [7, 11) is 1.67. The summed E-state index contributed by atoms with van der Waals surface area (Å²) < 4.78 is 41.3. The summed E-state index contributed by atoms with van der Waals surface area (Å²) in [5.41, 5.74) is 6.41. The van der Waals surface area contributed by atoms with Crippen LogP contribution in [0.4, 0.5) is 18.9 Å². The van der Waals surface area contributed by atoms with E-state index >= 15 is 0 Å².